The minimum atomic E-state index is -1.60. The van der Waals surface area contributed by atoms with Crippen LogP contribution in [0.2, 0.25) is 0 Å². The van der Waals surface area contributed by atoms with Crippen molar-refractivity contribution in [1.82, 2.24) is 10.2 Å². The number of nitrogens with zero attached hydrogens (tertiary/aromatic N) is 1. The van der Waals surface area contributed by atoms with Gasteiger partial charge in [-0.1, -0.05) is 30.3 Å². The SMILES string of the molecule is CC(C)(C)OC(=O)N[C@@]1(C(=O)O)CCCN(C(=O)OCc2ccccc2)C1. The quantitative estimate of drug-likeness (QED) is 0.835. The minimum absolute atomic E-state index is 0.0930. The Morgan fingerprint density at radius 3 is 2.48 bits per heavy atom. The zero-order valence-electron chi connectivity index (χ0n) is 15.9. The molecule has 0 saturated carbocycles. The second-order valence-corrected chi connectivity index (χ2v) is 7.58. The minimum Gasteiger partial charge on any atom is -0.479 e. The first-order chi connectivity index (χ1) is 12.6. The van der Waals surface area contributed by atoms with Crippen LogP contribution in [0.5, 0.6) is 0 Å². The fourth-order valence-electron chi connectivity index (χ4n) is 2.85. The van der Waals surface area contributed by atoms with Gasteiger partial charge in [-0.15, -0.1) is 0 Å². The van der Waals surface area contributed by atoms with Gasteiger partial charge >= 0.3 is 18.2 Å². The van der Waals surface area contributed by atoms with Crippen molar-refractivity contribution in [2.75, 3.05) is 13.1 Å². The lowest BCUT2D eigenvalue weighted by molar-refractivity contribution is -0.147. The van der Waals surface area contributed by atoms with Crippen molar-refractivity contribution >= 4 is 18.2 Å². The standard InChI is InChI=1S/C19H26N2O6/c1-18(2,3)27-16(24)20-19(15(22)23)10-7-11-21(13-19)17(25)26-12-14-8-5-4-6-9-14/h4-6,8-9H,7,10-13H2,1-3H3,(H,20,24)(H,22,23)/t19-/m0/s1. The Kier molecular flexibility index (Phi) is 6.30. The summed E-state index contributed by atoms with van der Waals surface area (Å²) >= 11 is 0. The van der Waals surface area contributed by atoms with Gasteiger partial charge in [0, 0.05) is 6.54 Å². The van der Waals surface area contributed by atoms with Gasteiger partial charge in [-0.05, 0) is 39.2 Å². The zero-order valence-corrected chi connectivity index (χ0v) is 15.9. The van der Waals surface area contributed by atoms with Crippen LogP contribution in [0.15, 0.2) is 30.3 Å². The number of piperidine rings is 1. The molecule has 1 aromatic rings. The number of ether oxygens (including phenoxy) is 2. The van der Waals surface area contributed by atoms with E-state index >= 15 is 0 Å². The number of aliphatic carboxylic acids is 1. The van der Waals surface area contributed by atoms with Crippen LogP contribution in [0.1, 0.15) is 39.2 Å². The van der Waals surface area contributed by atoms with E-state index in [0.29, 0.717) is 13.0 Å². The number of amides is 2. The van der Waals surface area contributed by atoms with Crippen LogP contribution >= 0.6 is 0 Å². The maximum atomic E-state index is 12.4. The smallest absolute Gasteiger partial charge is 0.410 e. The molecule has 1 aliphatic rings. The van der Waals surface area contributed by atoms with Crippen LogP contribution in [0.4, 0.5) is 9.59 Å². The normalized spacial score (nSPS) is 19.9. The number of carbonyl (C=O) groups is 3. The number of likely N-dealkylation sites (tertiary alicyclic amines) is 1. The van der Waals surface area contributed by atoms with Crippen LogP contribution < -0.4 is 5.32 Å². The number of hydrogen-bond donors (Lipinski definition) is 2. The van der Waals surface area contributed by atoms with E-state index in [4.69, 9.17) is 9.47 Å². The summed E-state index contributed by atoms with van der Waals surface area (Å²) in [6, 6.07) is 9.19. The summed E-state index contributed by atoms with van der Waals surface area (Å²) in [4.78, 5) is 37.6. The van der Waals surface area contributed by atoms with Crippen molar-refractivity contribution in [3.63, 3.8) is 0 Å². The van der Waals surface area contributed by atoms with E-state index in [1.54, 1.807) is 20.8 Å². The molecule has 0 spiro atoms. The fourth-order valence-corrected chi connectivity index (χ4v) is 2.85. The maximum absolute atomic E-state index is 12.4. The first-order valence-corrected chi connectivity index (χ1v) is 8.81. The Hall–Kier alpha value is -2.77. The van der Waals surface area contributed by atoms with E-state index in [9.17, 15) is 19.5 Å². The average molecular weight is 378 g/mol. The van der Waals surface area contributed by atoms with Crippen molar-refractivity contribution in [2.24, 2.45) is 0 Å². The summed E-state index contributed by atoms with van der Waals surface area (Å²) in [5.41, 5.74) is -1.53. The molecule has 2 N–H and O–H groups in total. The van der Waals surface area contributed by atoms with Gasteiger partial charge in [-0.25, -0.2) is 14.4 Å². The number of carbonyl (C=O) groups excluding carboxylic acids is 2. The zero-order chi connectivity index (χ0) is 20.1. The lowest BCUT2D eigenvalue weighted by Crippen LogP contribution is -2.64. The molecule has 0 radical (unpaired) electrons. The van der Waals surface area contributed by atoms with Gasteiger partial charge in [0.25, 0.3) is 0 Å². The summed E-state index contributed by atoms with van der Waals surface area (Å²) in [6.45, 7) is 5.33. The molecule has 0 aliphatic carbocycles. The molecule has 0 bridgehead atoms. The van der Waals surface area contributed by atoms with Crippen LogP contribution in [0.25, 0.3) is 0 Å². The third-order valence-electron chi connectivity index (χ3n) is 4.11. The Labute approximate surface area is 158 Å². The molecule has 1 saturated heterocycles. The summed E-state index contributed by atoms with van der Waals surface area (Å²) in [6.07, 6.45) is -0.827. The molecule has 2 rings (SSSR count). The van der Waals surface area contributed by atoms with Crippen molar-refractivity contribution in [1.29, 1.82) is 0 Å². The number of carboxylic acid groups (broad SMARTS) is 1. The molecule has 0 aromatic heterocycles. The van der Waals surface area contributed by atoms with Crippen molar-refractivity contribution in [3.8, 4) is 0 Å². The van der Waals surface area contributed by atoms with Crippen molar-refractivity contribution in [3.05, 3.63) is 35.9 Å². The number of nitrogens with one attached hydrogen (secondary N) is 1. The number of hydrogen-bond acceptors (Lipinski definition) is 5. The van der Waals surface area contributed by atoms with Gasteiger partial charge in [0.05, 0.1) is 6.54 Å². The molecule has 1 atom stereocenters. The van der Waals surface area contributed by atoms with Crippen LogP contribution in [0, 0.1) is 0 Å². The van der Waals surface area contributed by atoms with E-state index in [-0.39, 0.29) is 19.6 Å². The molecular formula is C19H26N2O6. The number of carboxylic acids is 1. The molecule has 148 valence electrons. The first-order valence-electron chi connectivity index (χ1n) is 8.81. The molecule has 0 unspecified atom stereocenters. The average Bonchev–Trinajstić information content (AvgIpc) is 2.59. The van der Waals surface area contributed by atoms with E-state index in [1.807, 2.05) is 30.3 Å². The molecule has 1 fully saturated rings. The van der Waals surface area contributed by atoms with Crippen LogP contribution in [-0.4, -0.2) is 52.4 Å². The van der Waals surface area contributed by atoms with E-state index in [0.717, 1.165) is 5.56 Å². The monoisotopic (exact) mass is 378 g/mol. The maximum Gasteiger partial charge on any atom is 0.410 e. The highest BCUT2D eigenvalue weighted by Gasteiger charge is 2.46. The molecule has 8 heteroatoms. The summed E-state index contributed by atoms with van der Waals surface area (Å²) in [5, 5.41) is 12.1. The Balaban J connectivity index is 2.02. The van der Waals surface area contributed by atoms with Crippen LogP contribution in [0.3, 0.4) is 0 Å². The summed E-state index contributed by atoms with van der Waals surface area (Å²) in [7, 11) is 0. The molecule has 2 amide bonds. The Bertz CT molecular complexity index is 685. The second kappa shape index (κ2) is 8.28. The fraction of sp³-hybridized carbons (Fsp3) is 0.526. The van der Waals surface area contributed by atoms with Gasteiger partial charge in [0.1, 0.15) is 12.2 Å². The lowest BCUT2D eigenvalue weighted by Gasteiger charge is -2.39. The Morgan fingerprint density at radius 2 is 1.89 bits per heavy atom. The van der Waals surface area contributed by atoms with Crippen molar-refractivity contribution in [2.45, 2.75) is 51.4 Å². The summed E-state index contributed by atoms with van der Waals surface area (Å²) < 4.78 is 10.4. The predicted octanol–water partition coefficient (Wildman–Crippen LogP) is 2.77. The molecule has 1 aromatic carbocycles. The highest BCUT2D eigenvalue weighted by Crippen LogP contribution is 2.23. The lowest BCUT2D eigenvalue weighted by atomic mass is 9.89. The van der Waals surface area contributed by atoms with Gasteiger partial charge < -0.3 is 24.8 Å². The number of benzene rings is 1. The van der Waals surface area contributed by atoms with E-state index < -0.39 is 29.3 Å². The van der Waals surface area contributed by atoms with Gasteiger partial charge in [-0.3, -0.25) is 0 Å². The van der Waals surface area contributed by atoms with Gasteiger partial charge in [0.15, 0.2) is 5.54 Å². The summed E-state index contributed by atoms with van der Waals surface area (Å²) in [5.74, 6) is -1.21. The van der Waals surface area contributed by atoms with Crippen molar-refractivity contribution < 1.29 is 29.0 Å². The van der Waals surface area contributed by atoms with Gasteiger partial charge in [-0.2, -0.15) is 0 Å². The third kappa shape index (κ3) is 5.87. The predicted molar refractivity (Wildman–Crippen MR) is 97.2 cm³/mol. The third-order valence-corrected chi connectivity index (χ3v) is 4.11. The van der Waals surface area contributed by atoms with Gasteiger partial charge in [0.2, 0.25) is 0 Å². The molecule has 1 heterocycles. The van der Waals surface area contributed by atoms with Crippen LogP contribution in [-0.2, 0) is 20.9 Å². The molecular weight excluding hydrogens is 352 g/mol. The molecule has 27 heavy (non-hydrogen) atoms. The number of alkyl carbamates (subject to hydrolysis) is 1. The molecule has 8 nitrogen and oxygen atoms in total. The highest BCUT2D eigenvalue weighted by molar-refractivity contribution is 5.85. The van der Waals surface area contributed by atoms with E-state index in [2.05, 4.69) is 5.32 Å². The Morgan fingerprint density at radius 1 is 1.22 bits per heavy atom. The molecule has 1 aliphatic heterocycles. The topological polar surface area (TPSA) is 105 Å². The number of rotatable bonds is 4. The second-order valence-electron chi connectivity index (χ2n) is 7.58. The first kappa shape index (κ1) is 20.5. The largest absolute Gasteiger partial charge is 0.479 e. The van der Waals surface area contributed by atoms with E-state index in [1.165, 1.54) is 4.90 Å². The highest BCUT2D eigenvalue weighted by atomic mass is 16.6.